The van der Waals surface area contributed by atoms with Crippen molar-refractivity contribution in [3.05, 3.63) is 12.3 Å². The van der Waals surface area contributed by atoms with Crippen LogP contribution in [0.5, 0.6) is 0 Å². The van der Waals surface area contributed by atoms with Gasteiger partial charge in [-0.3, -0.25) is 9.59 Å². The summed E-state index contributed by atoms with van der Waals surface area (Å²) in [4.78, 5) is 21.6. The van der Waals surface area contributed by atoms with Gasteiger partial charge in [-0.15, -0.1) is 0 Å². The molecule has 2 atom stereocenters. The molecule has 2 unspecified atom stereocenters. The van der Waals surface area contributed by atoms with Crippen LogP contribution in [-0.2, 0) is 19.1 Å². The highest BCUT2D eigenvalue weighted by molar-refractivity contribution is 5.72. The van der Waals surface area contributed by atoms with Crippen LogP contribution in [0.25, 0.3) is 0 Å². The first-order valence-electron chi connectivity index (χ1n) is 4.93. The molecule has 0 radical (unpaired) electrons. The molecule has 0 aromatic rings. The Morgan fingerprint density at radius 1 is 1.25 bits per heavy atom. The van der Waals surface area contributed by atoms with Gasteiger partial charge in [0.2, 0.25) is 0 Å². The Bertz CT molecular complexity index is 362. The molecular weight excluding hydrogens is 216 g/mol. The van der Waals surface area contributed by atoms with Crippen LogP contribution in [0.1, 0.15) is 19.3 Å². The summed E-state index contributed by atoms with van der Waals surface area (Å²) in [5, 5.41) is 17.7. The van der Waals surface area contributed by atoms with E-state index in [-0.39, 0.29) is 12.8 Å². The molecule has 6 heteroatoms. The predicted octanol–water partition coefficient (Wildman–Crippen LogP) is 0.378. The van der Waals surface area contributed by atoms with Crippen LogP contribution in [0.3, 0.4) is 0 Å². The standard InChI is InChI=1S/C10H12O6/c11-7(12)5-9-1-3-15-10(9,2-4-16-9)6-8(13)14/h1,3H,2,4-6H2,(H,11,12)(H,13,14). The molecule has 0 amide bonds. The molecule has 16 heavy (non-hydrogen) atoms. The van der Waals surface area contributed by atoms with Crippen LogP contribution in [0, 0.1) is 0 Å². The summed E-state index contributed by atoms with van der Waals surface area (Å²) in [5.74, 6) is -2.06. The first-order valence-corrected chi connectivity index (χ1v) is 4.93. The third kappa shape index (κ3) is 1.46. The van der Waals surface area contributed by atoms with E-state index in [1.165, 1.54) is 12.3 Å². The molecule has 2 N–H and O–H groups in total. The zero-order valence-electron chi connectivity index (χ0n) is 8.51. The Kier molecular flexibility index (Phi) is 2.38. The summed E-state index contributed by atoms with van der Waals surface area (Å²) in [6.07, 6.45) is 2.70. The van der Waals surface area contributed by atoms with Crippen LogP contribution in [0.2, 0.25) is 0 Å². The van der Waals surface area contributed by atoms with Crippen LogP contribution < -0.4 is 0 Å². The van der Waals surface area contributed by atoms with Crippen LogP contribution in [-0.4, -0.2) is 40.0 Å². The van der Waals surface area contributed by atoms with Gasteiger partial charge in [0.15, 0.2) is 5.60 Å². The Morgan fingerprint density at radius 2 is 1.94 bits per heavy atom. The molecular formula is C10H12O6. The summed E-state index contributed by atoms with van der Waals surface area (Å²) in [6.45, 7) is 0.310. The van der Waals surface area contributed by atoms with Gasteiger partial charge >= 0.3 is 11.9 Å². The molecule has 0 aromatic heterocycles. The third-order valence-electron chi connectivity index (χ3n) is 3.12. The summed E-state index contributed by atoms with van der Waals surface area (Å²) < 4.78 is 10.8. The number of ether oxygens (including phenoxy) is 2. The number of rotatable bonds is 4. The van der Waals surface area contributed by atoms with Gasteiger partial charge in [0, 0.05) is 6.42 Å². The largest absolute Gasteiger partial charge is 0.491 e. The van der Waals surface area contributed by atoms with Crippen molar-refractivity contribution in [2.24, 2.45) is 0 Å². The lowest BCUT2D eigenvalue weighted by Gasteiger charge is -2.35. The average Bonchev–Trinajstić information content (AvgIpc) is 2.55. The van der Waals surface area contributed by atoms with Gasteiger partial charge < -0.3 is 19.7 Å². The van der Waals surface area contributed by atoms with Gasteiger partial charge in [-0.05, 0) is 6.08 Å². The third-order valence-corrected chi connectivity index (χ3v) is 3.12. The van der Waals surface area contributed by atoms with E-state index in [1.54, 1.807) is 0 Å². The lowest BCUT2D eigenvalue weighted by Crippen LogP contribution is -2.50. The average molecular weight is 228 g/mol. The van der Waals surface area contributed by atoms with Crippen molar-refractivity contribution in [1.82, 2.24) is 0 Å². The molecule has 0 bridgehead atoms. The minimum absolute atomic E-state index is 0.257. The quantitative estimate of drug-likeness (QED) is 0.722. The van der Waals surface area contributed by atoms with Crippen LogP contribution in [0.15, 0.2) is 12.3 Å². The highest BCUT2D eigenvalue weighted by Crippen LogP contribution is 2.48. The van der Waals surface area contributed by atoms with Crippen molar-refractivity contribution in [1.29, 1.82) is 0 Å². The molecule has 2 rings (SSSR count). The van der Waals surface area contributed by atoms with E-state index in [4.69, 9.17) is 19.7 Å². The summed E-state index contributed by atoms with van der Waals surface area (Å²) in [6, 6.07) is 0. The fraction of sp³-hybridized carbons (Fsp3) is 0.600. The fourth-order valence-corrected chi connectivity index (χ4v) is 2.39. The zero-order valence-corrected chi connectivity index (χ0v) is 8.51. The number of carboxylic acid groups (broad SMARTS) is 2. The smallest absolute Gasteiger partial charge is 0.307 e. The highest BCUT2D eigenvalue weighted by Gasteiger charge is 2.61. The van der Waals surface area contributed by atoms with Gasteiger partial charge in [0.05, 0.1) is 25.7 Å². The van der Waals surface area contributed by atoms with Crippen molar-refractivity contribution < 1.29 is 29.3 Å². The summed E-state index contributed by atoms with van der Waals surface area (Å²) >= 11 is 0. The number of hydrogen-bond donors (Lipinski definition) is 2. The minimum atomic E-state index is -1.13. The highest BCUT2D eigenvalue weighted by atomic mass is 16.6. The fourth-order valence-electron chi connectivity index (χ4n) is 2.39. The van der Waals surface area contributed by atoms with Gasteiger partial charge in [-0.2, -0.15) is 0 Å². The van der Waals surface area contributed by atoms with Gasteiger partial charge in [-0.25, -0.2) is 0 Å². The van der Waals surface area contributed by atoms with E-state index in [0.29, 0.717) is 13.0 Å². The number of hydrogen-bond acceptors (Lipinski definition) is 4. The van der Waals surface area contributed by atoms with E-state index in [0.717, 1.165) is 0 Å². The maximum Gasteiger partial charge on any atom is 0.307 e. The normalized spacial score (nSPS) is 35.8. The number of fused-ring (bicyclic) bond motifs is 1. The zero-order chi connectivity index (χ0) is 11.8. The Morgan fingerprint density at radius 3 is 2.56 bits per heavy atom. The van der Waals surface area contributed by atoms with E-state index in [9.17, 15) is 9.59 Å². The number of carboxylic acids is 2. The van der Waals surface area contributed by atoms with Crippen molar-refractivity contribution in [2.45, 2.75) is 30.5 Å². The monoisotopic (exact) mass is 228 g/mol. The molecule has 2 aliphatic heterocycles. The molecule has 0 aliphatic carbocycles. The Balaban J connectivity index is 2.29. The summed E-state index contributed by atoms with van der Waals surface area (Å²) in [7, 11) is 0. The number of carbonyl (C=O) groups is 2. The minimum Gasteiger partial charge on any atom is -0.491 e. The molecule has 2 heterocycles. The molecule has 88 valence electrons. The number of aliphatic carboxylic acids is 2. The van der Waals surface area contributed by atoms with Gasteiger partial charge in [0.1, 0.15) is 5.60 Å². The second kappa shape index (κ2) is 3.48. The van der Waals surface area contributed by atoms with Gasteiger partial charge in [-0.1, -0.05) is 0 Å². The van der Waals surface area contributed by atoms with Crippen molar-refractivity contribution in [3.8, 4) is 0 Å². The lowest BCUT2D eigenvalue weighted by molar-refractivity contribution is -0.156. The predicted molar refractivity (Wildman–Crippen MR) is 50.8 cm³/mol. The van der Waals surface area contributed by atoms with E-state index < -0.39 is 23.1 Å². The van der Waals surface area contributed by atoms with Crippen molar-refractivity contribution in [2.75, 3.05) is 6.61 Å². The summed E-state index contributed by atoms with van der Waals surface area (Å²) in [5.41, 5.74) is -2.19. The Hall–Kier alpha value is -1.56. The second-order valence-electron chi connectivity index (χ2n) is 4.04. The lowest BCUT2D eigenvalue weighted by atomic mass is 9.79. The van der Waals surface area contributed by atoms with Crippen molar-refractivity contribution >= 4 is 11.9 Å². The molecule has 1 fully saturated rings. The molecule has 2 aliphatic rings. The first-order chi connectivity index (χ1) is 7.50. The van der Waals surface area contributed by atoms with Crippen molar-refractivity contribution in [3.63, 3.8) is 0 Å². The topological polar surface area (TPSA) is 93.1 Å². The van der Waals surface area contributed by atoms with Gasteiger partial charge in [0.25, 0.3) is 0 Å². The molecule has 0 spiro atoms. The molecule has 6 nitrogen and oxygen atoms in total. The van der Waals surface area contributed by atoms with E-state index in [2.05, 4.69) is 0 Å². The van der Waals surface area contributed by atoms with E-state index in [1.807, 2.05) is 0 Å². The maximum absolute atomic E-state index is 10.8. The SMILES string of the molecule is O=C(O)CC12C=COC1(CC(=O)O)CCO2. The second-order valence-corrected chi connectivity index (χ2v) is 4.04. The Labute approximate surface area is 91.5 Å². The van der Waals surface area contributed by atoms with E-state index >= 15 is 0 Å². The maximum atomic E-state index is 10.8. The molecule has 1 saturated heterocycles. The van der Waals surface area contributed by atoms with Crippen LogP contribution in [0.4, 0.5) is 0 Å². The molecule has 0 saturated carbocycles. The first kappa shape index (κ1) is 10.9. The molecule has 0 aromatic carbocycles. The van der Waals surface area contributed by atoms with Crippen LogP contribution >= 0.6 is 0 Å².